The highest BCUT2D eigenvalue weighted by molar-refractivity contribution is 7.09. The van der Waals surface area contributed by atoms with Crippen molar-refractivity contribution in [3.8, 4) is 0 Å². The summed E-state index contributed by atoms with van der Waals surface area (Å²) in [4.78, 5) is 16.6. The van der Waals surface area contributed by atoms with E-state index in [-0.39, 0.29) is 12.6 Å². The number of hydrogen-bond donors (Lipinski definition) is 3. The molecule has 0 aromatic carbocycles. The Labute approximate surface area is 113 Å². The van der Waals surface area contributed by atoms with E-state index in [0.717, 1.165) is 28.1 Å². The zero-order valence-electron chi connectivity index (χ0n) is 10.1. The minimum absolute atomic E-state index is 0.0355. The number of H-pyrrole nitrogens is 1. The lowest BCUT2D eigenvalue weighted by molar-refractivity contribution is 0.274. The molecule has 19 heavy (non-hydrogen) atoms. The first-order chi connectivity index (χ1) is 9.36. The highest BCUT2D eigenvalue weighted by Gasteiger charge is 2.12. The molecule has 7 heteroatoms. The van der Waals surface area contributed by atoms with Gasteiger partial charge in [0.2, 0.25) is 0 Å². The summed E-state index contributed by atoms with van der Waals surface area (Å²) in [6.45, 7) is 0.0355. The summed E-state index contributed by atoms with van der Waals surface area (Å²) in [5.74, 6) is 0.731. The van der Waals surface area contributed by atoms with Crippen molar-refractivity contribution >= 4 is 28.2 Å². The Balaban J connectivity index is 1.80. The van der Waals surface area contributed by atoms with Gasteiger partial charge >= 0.3 is 0 Å². The molecule has 0 aliphatic heterocycles. The van der Waals surface area contributed by atoms with E-state index < -0.39 is 0 Å². The molecule has 3 heterocycles. The number of aromatic nitrogens is 4. The van der Waals surface area contributed by atoms with E-state index in [1.807, 2.05) is 18.5 Å². The van der Waals surface area contributed by atoms with Gasteiger partial charge in [-0.3, -0.25) is 4.98 Å². The van der Waals surface area contributed by atoms with E-state index in [2.05, 4.69) is 25.3 Å². The van der Waals surface area contributed by atoms with Gasteiger partial charge in [-0.15, -0.1) is 11.3 Å². The summed E-state index contributed by atoms with van der Waals surface area (Å²) in [6.07, 6.45) is 5.86. The number of aromatic amines is 1. The molecule has 3 aromatic heterocycles. The van der Waals surface area contributed by atoms with E-state index in [0.29, 0.717) is 0 Å². The predicted octanol–water partition coefficient (Wildman–Crippen LogP) is 1.43. The summed E-state index contributed by atoms with van der Waals surface area (Å²) in [5.41, 5.74) is 2.57. The highest BCUT2D eigenvalue weighted by Crippen LogP contribution is 2.19. The fourth-order valence-electron chi connectivity index (χ4n) is 1.93. The predicted molar refractivity (Wildman–Crippen MR) is 74.2 cm³/mol. The number of anilines is 1. The molecule has 98 valence electrons. The SMILES string of the molecule is OC[C@H](Cc1cncs1)Nc1ncnc2[nH]ccc12. The first-order valence-electron chi connectivity index (χ1n) is 5.89. The molecule has 0 spiro atoms. The zero-order valence-corrected chi connectivity index (χ0v) is 10.9. The molecule has 3 rings (SSSR count). The number of fused-ring (bicyclic) bond motifs is 1. The first-order valence-corrected chi connectivity index (χ1v) is 6.77. The maximum Gasteiger partial charge on any atom is 0.142 e. The highest BCUT2D eigenvalue weighted by atomic mass is 32.1. The molecule has 0 amide bonds. The lowest BCUT2D eigenvalue weighted by atomic mass is 10.2. The third-order valence-corrected chi connectivity index (χ3v) is 3.65. The molecular formula is C12H13N5OS. The first kappa shape index (κ1) is 12.1. The van der Waals surface area contributed by atoms with Crippen LogP contribution in [0.4, 0.5) is 5.82 Å². The molecule has 3 aromatic rings. The van der Waals surface area contributed by atoms with Gasteiger partial charge in [0.1, 0.15) is 17.8 Å². The third kappa shape index (κ3) is 2.56. The molecular weight excluding hydrogens is 262 g/mol. The number of thiazole rings is 1. The van der Waals surface area contributed by atoms with Crippen molar-refractivity contribution < 1.29 is 5.11 Å². The van der Waals surface area contributed by atoms with Crippen molar-refractivity contribution in [2.24, 2.45) is 0 Å². The van der Waals surface area contributed by atoms with Crippen LogP contribution in [-0.4, -0.2) is 37.7 Å². The fraction of sp³-hybridized carbons (Fsp3) is 0.250. The van der Waals surface area contributed by atoms with Crippen molar-refractivity contribution in [1.82, 2.24) is 19.9 Å². The second-order valence-electron chi connectivity index (χ2n) is 4.16. The number of nitrogens with one attached hydrogen (secondary N) is 2. The van der Waals surface area contributed by atoms with Crippen LogP contribution < -0.4 is 5.32 Å². The van der Waals surface area contributed by atoms with Crippen molar-refractivity contribution in [2.75, 3.05) is 11.9 Å². The maximum absolute atomic E-state index is 9.48. The number of hydrogen-bond acceptors (Lipinski definition) is 6. The molecule has 0 bridgehead atoms. The molecule has 0 saturated carbocycles. The Kier molecular flexibility index (Phi) is 3.39. The molecule has 0 unspecified atom stereocenters. The van der Waals surface area contributed by atoms with Gasteiger partial charge in [-0.05, 0) is 6.07 Å². The van der Waals surface area contributed by atoms with Gasteiger partial charge in [-0.1, -0.05) is 0 Å². The molecule has 0 fully saturated rings. The standard InChI is InChI=1S/C12H13N5OS/c18-5-8(3-9-4-13-7-19-9)17-12-10-1-2-14-11(10)15-6-16-12/h1-2,4,6-8,18H,3,5H2,(H2,14,15,16,17)/t8-/m0/s1. The normalized spacial score (nSPS) is 12.7. The van der Waals surface area contributed by atoms with E-state index in [1.165, 1.54) is 6.33 Å². The van der Waals surface area contributed by atoms with Gasteiger partial charge < -0.3 is 15.4 Å². The van der Waals surface area contributed by atoms with Crippen molar-refractivity contribution in [2.45, 2.75) is 12.5 Å². The Morgan fingerprint density at radius 2 is 2.37 bits per heavy atom. The van der Waals surface area contributed by atoms with Crippen molar-refractivity contribution in [3.05, 3.63) is 35.2 Å². The van der Waals surface area contributed by atoms with Gasteiger partial charge in [0.05, 0.1) is 23.5 Å². The number of nitrogens with zero attached hydrogens (tertiary/aromatic N) is 3. The lowest BCUT2D eigenvalue weighted by Gasteiger charge is -2.16. The number of aliphatic hydroxyl groups excluding tert-OH is 1. The van der Waals surface area contributed by atoms with E-state index >= 15 is 0 Å². The summed E-state index contributed by atoms with van der Waals surface area (Å²) < 4.78 is 0. The van der Waals surface area contributed by atoms with E-state index in [1.54, 1.807) is 16.8 Å². The average Bonchev–Trinajstić information content (AvgIpc) is 3.08. The van der Waals surface area contributed by atoms with Crippen LogP contribution in [-0.2, 0) is 6.42 Å². The second-order valence-corrected chi connectivity index (χ2v) is 5.13. The number of rotatable bonds is 5. The quantitative estimate of drug-likeness (QED) is 0.655. The van der Waals surface area contributed by atoms with Crippen molar-refractivity contribution in [1.29, 1.82) is 0 Å². The molecule has 0 saturated heterocycles. The summed E-state index contributed by atoms with van der Waals surface area (Å²) >= 11 is 1.58. The summed E-state index contributed by atoms with van der Waals surface area (Å²) in [6, 6.07) is 1.83. The summed E-state index contributed by atoms with van der Waals surface area (Å²) in [7, 11) is 0. The van der Waals surface area contributed by atoms with Gasteiger partial charge in [0.15, 0.2) is 0 Å². The van der Waals surface area contributed by atoms with Crippen LogP contribution in [0.15, 0.2) is 30.3 Å². The summed E-state index contributed by atoms with van der Waals surface area (Å²) in [5, 5.41) is 13.7. The minimum Gasteiger partial charge on any atom is -0.394 e. The minimum atomic E-state index is -0.0894. The molecule has 6 nitrogen and oxygen atoms in total. The van der Waals surface area contributed by atoms with Gasteiger partial charge in [0.25, 0.3) is 0 Å². The van der Waals surface area contributed by atoms with Crippen LogP contribution in [0.5, 0.6) is 0 Å². The van der Waals surface area contributed by atoms with Gasteiger partial charge in [0, 0.05) is 23.7 Å². The van der Waals surface area contributed by atoms with Gasteiger partial charge in [-0.25, -0.2) is 9.97 Å². The van der Waals surface area contributed by atoms with E-state index in [4.69, 9.17) is 0 Å². The molecule has 0 radical (unpaired) electrons. The Morgan fingerprint density at radius 1 is 1.42 bits per heavy atom. The largest absolute Gasteiger partial charge is 0.394 e. The second kappa shape index (κ2) is 5.33. The zero-order chi connectivity index (χ0) is 13.1. The van der Waals surface area contributed by atoms with E-state index in [9.17, 15) is 5.11 Å². The molecule has 1 atom stereocenters. The van der Waals surface area contributed by atoms with Crippen LogP contribution >= 0.6 is 11.3 Å². The lowest BCUT2D eigenvalue weighted by Crippen LogP contribution is -2.26. The Hall–Kier alpha value is -1.99. The van der Waals surface area contributed by atoms with Crippen molar-refractivity contribution in [3.63, 3.8) is 0 Å². The average molecular weight is 275 g/mol. The third-order valence-electron chi connectivity index (χ3n) is 2.85. The van der Waals surface area contributed by atoms with Crippen LogP contribution in [0, 0.1) is 0 Å². The molecule has 3 N–H and O–H groups in total. The van der Waals surface area contributed by atoms with Crippen LogP contribution in [0.1, 0.15) is 4.88 Å². The van der Waals surface area contributed by atoms with Crippen LogP contribution in [0.25, 0.3) is 11.0 Å². The van der Waals surface area contributed by atoms with Crippen LogP contribution in [0.2, 0.25) is 0 Å². The molecule has 0 aliphatic carbocycles. The fourth-order valence-corrected chi connectivity index (χ4v) is 2.60. The van der Waals surface area contributed by atoms with Crippen LogP contribution in [0.3, 0.4) is 0 Å². The van der Waals surface area contributed by atoms with Gasteiger partial charge in [-0.2, -0.15) is 0 Å². The number of aliphatic hydroxyl groups is 1. The Bertz CT molecular complexity index is 651. The topological polar surface area (TPSA) is 86.7 Å². The maximum atomic E-state index is 9.48. The molecule has 0 aliphatic rings. The smallest absolute Gasteiger partial charge is 0.142 e. The monoisotopic (exact) mass is 275 g/mol. The Morgan fingerprint density at radius 3 is 3.16 bits per heavy atom.